The van der Waals surface area contributed by atoms with E-state index in [0.717, 1.165) is 22.3 Å². The van der Waals surface area contributed by atoms with Gasteiger partial charge in [0.25, 0.3) is 0 Å². The van der Waals surface area contributed by atoms with Gasteiger partial charge in [0.05, 0.1) is 18.3 Å². The van der Waals surface area contributed by atoms with Crippen molar-refractivity contribution in [1.29, 1.82) is 5.26 Å². The molecule has 0 spiro atoms. The molecule has 1 atom stereocenters. The van der Waals surface area contributed by atoms with Gasteiger partial charge in [0.1, 0.15) is 21.8 Å². The summed E-state index contributed by atoms with van der Waals surface area (Å²) in [4.78, 5) is 11.7. The molecule has 1 unspecified atom stereocenters. The van der Waals surface area contributed by atoms with Gasteiger partial charge in [0.15, 0.2) is 5.75 Å². The van der Waals surface area contributed by atoms with Gasteiger partial charge in [0, 0.05) is 17.2 Å². The van der Waals surface area contributed by atoms with Crippen molar-refractivity contribution in [3.8, 4) is 33.0 Å². The number of hydrogen-bond acceptors (Lipinski definition) is 9. The Bertz CT molecular complexity index is 1430. The Balaban J connectivity index is 1.58. The van der Waals surface area contributed by atoms with Gasteiger partial charge in [-0.15, -0.1) is 10.2 Å². The molecule has 0 bridgehead atoms. The lowest BCUT2D eigenvalue weighted by Crippen LogP contribution is -2.33. The van der Waals surface area contributed by atoms with Crippen LogP contribution in [0.3, 0.4) is 0 Å². The number of nitrogens with one attached hydrogen (secondary N) is 1. The molecule has 0 aliphatic heterocycles. The zero-order valence-corrected chi connectivity index (χ0v) is 21.8. The van der Waals surface area contributed by atoms with Crippen LogP contribution in [0.4, 0.5) is 0 Å². The molecule has 0 saturated heterocycles. The molecule has 1 aliphatic carbocycles. The Morgan fingerprint density at radius 2 is 2.03 bits per heavy atom. The van der Waals surface area contributed by atoms with Crippen LogP contribution in [0.1, 0.15) is 49.9 Å². The standard InChI is InChI=1S/C25H26N4O5S2/c1-4-33-23(30)14-36(31,32)29-21-10-9-18-19(21)6-5-7-20(18)25-28-27-24(35-25)16-8-11-22(34-15(2)3)17(12-16)13-26/h5-8,11-12,15,21,29H,4,9-10,14H2,1-3H3. The van der Waals surface area contributed by atoms with Crippen molar-refractivity contribution >= 4 is 27.3 Å². The summed E-state index contributed by atoms with van der Waals surface area (Å²) in [5.41, 5.74) is 3.95. The van der Waals surface area contributed by atoms with Crippen LogP contribution in [0.2, 0.25) is 0 Å². The maximum atomic E-state index is 12.5. The first-order valence-electron chi connectivity index (χ1n) is 11.5. The number of carbonyl (C=O) groups is 1. The summed E-state index contributed by atoms with van der Waals surface area (Å²) in [5, 5.41) is 19.6. The zero-order chi connectivity index (χ0) is 25.9. The average molecular weight is 527 g/mol. The molecule has 188 valence electrons. The van der Waals surface area contributed by atoms with Crippen molar-refractivity contribution < 1.29 is 22.7 Å². The molecule has 0 amide bonds. The molecule has 36 heavy (non-hydrogen) atoms. The van der Waals surface area contributed by atoms with E-state index in [1.54, 1.807) is 19.1 Å². The van der Waals surface area contributed by atoms with E-state index in [1.165, 1.54) is 11.3 Å². The molecule has 4 rings (SSSR count). The van der Waals surface area contributed by atoms with Crippen LogP contribution in [0, 0.1) is 11.3 Å². The first-order valence-corrected chi connectivity index (χ1v) is 14.0. The number of fused-ring (bicyclic) bond motifs is 1. The molecule has 1 N–H and O–H groups in total. The van der Waals surface area contributed by atoms with Crippen molar-refractivity contribution in [2.45, 2.75) is 45.8 Å². The Labute approximate surface area is 214 Å². The lowest BCUT2D eigenvalue weighted by molar-refractivity contribution is -0.139. The summed E-state index contributed by atoms with van der Waals surface area (Å²) in [7, 11) is -3.84. The summed E-state index contributed by atoms with van der Waals surface area (Å²) in [5.74, 6) is -0.960. The molecule has 2 aromatic carbocycles. The average Bonchev–Trinajstić information content (AvgIpc) is 3.46. The molecule has 1 aromatic heterocycles. The molecule has 0 fully saturated rings. The van der Waals surface area contributed by atoms with Crippen LogP contribution < -0.4 is 9.46 Å². The fourth-order valence-corrected chi connectivity index (χ4v) is 6.20. The van der Waals surface area contributed by atoms with E-state index in [2.05, 4.69) is 21.0 Å². The molecule has 9 nitrogen and oxygen atoms in total. The third-order valence-corrected chi connectivity index (χ3v) is 7.84. The largest absolute Gasteiger partial charge is 0.490 e. The van der Waals surface area contributed by atoms with Gasteiger partial charge in [-0.25, -0.2) is 13.1 Å². The van der Waals surface area contributed by atoms with Crippen LogP contribution in [0.15, 0.2) is 36.4 Å². The normalized spacial score (nSPS) is 14.9. The number of ether oxygens (including phenoxy) is 2. The highest BCUT2D eigenvalue weighted by Crippen LogP contribution is 2.40. The highest BCUT2D eigenvalue weighted by Gasteiger charge is 2.30. The highest BCUT2D eigenvalue weighted by atomic mass is 32.2. The van der Waals surface area contributed by atoms with E-state index in [9.17, 15) is 18.5 Å². The highest BCUT2D eigenvalue weighted by molar-refractivity contribution is 7.90. The minimum absolute atomic E-state index is 0.0466. The van der Waals surface area contributed by atoms with E-state index >= 15 is 0 Å². The Hall–Kier alpha value is -3.33. The van der Waals surface area contributed by atoms with Crippen molar-refractivity contribution in [1.82, 2.24) is 14.9 Å². The van der Waals surface area contributed by atoms with E-state index in [4.69, 9.17) is 9.47 Å². The maximum absolute atomic E-state index is 12.5. The number of sulfonamides is 1. The van der Waals surface area contributed by atoms with E-state index < -0.39 is 27.8 Å². The molecule has 1 aliphatic rings. The number of hydrogen-bond donors (Lipinski definition) is 1. The second-order valence-electron chi connectivity index (χ2n) is 8.55. The molecular weight excluding hydrogens is 500 g/mol. The van der Waals surface area contributed by atoms with E-state index in [-0.39, 0.29) is 12.7 Å². The van der Waals surface area contributed by atoms with Gasteiger partial charge < -0.3 is 9.47 Å². The van der Waals surface area contributed by atoms with Crippen molar-refractivity contribution in [3.05, 3.63) is 53.1 Å². The number of benzene rings is 2. The lowest BCUT2D eigenvalue weighted by Gasteiger charge is -2.14. The molecule has 11 heteroatoms. The number of carbonyl (C=O) groups excluding carboxylic acids is 1. The van der Waals surface area contributed by atoms with E-state index in [1.807, 2.05) is 38.1 Å². The minimum atomic E-state index is -3.84. The predicted molar refractivity (Wildman–Crippen MR) is 136 cm³/mol. The number of aromatic nitrogens is 2. The van der Waals surface area contributed by atoms with Crippen molar-refractivity contribution in [2.24, 2.45) is 0 Å². The topological polar surface area (TPSA) is 131 Å². The minimum Gasteiger partial charge on any atom is -0.490 e. The van der Waals surface area contributed by atoms with Crippen LogP contribution >= 0.6 is 11.3 Å². The molecule has 0 radical (unpaired) electrons. The van der Waals surface area contributed by atoms with Crippen LogP contribution in [-0.2, 0) is 26.0 Å². The monoisotopic (exact) mass is 526 g/mol. The number of nitriles is 1. The van der Waals surface area contributed by atoms with Gasteiger partial charge >= 0.3 is 5.97 Å². The summed E-state index contributed by atoms with van der Waals surface area (Å²) < 4.78 is 38.0. The second-order valence-corrected chi connectivity index (χ2v) is 11.3. The third kappa shape index (κ3) is 5.73. The first kappa shape index (κ1) is 25.8. The predicted octanol–water partition coefficient (Wildman–Crippen LogP) is 4.00. The van der Waals surface area contributed by atoms with Gasteiger partial charge in [-0.1, -0.05) is 29.5 Å². The van der Waals surface area contributed by atoms with Crippen LogP contribution in [-0.4, -0.2) is 43.0 Å². The zero-order valence-electron chi connectivity index (χ0n) is 20.1. The summed E-state index contributed by atoms with van der Waals surface area (Å²) >= 11 is 1.40. The van der Waals surface area contributed by atoms with Gasteiger partial charge in [-0.3, -0.25) is 4.79 Å². The Kier molecular flexibility index (Phi) is 7.68. The summed E-state index contributed by atoms with van der Waals surface area (Å²) in [6, 6.07) is 12.8. The van der Waals surface area contributed by atoms with Crippen LogP contribution in [0.5, 0.6) is 5.75 Å². The number of nitrogens with zero attached hydrogens (tertiary/aromatic N) is 3. The molecular formula is C25H26N4O5S2. The first-order chi connectivity index (χ1) is 17.2. The fraction of sp³-hybridized carbons (Fsp3) is 0.360. The Morgan fingerprint density at radius 1 is 1.25 bits per heavy atom. The smallest absolute Gasteiger partial charge is 0.322 e. The van der Waals surface area contributed by atoms with Gasteiger partial charge in [-0.2, -0.15) is 5.26 Å². The molecule has 0 saturated carbocycles. The lowest BCUT2D eigenvalue weighted by atomic mass is 10.0. The SMILES string of the molecule is CCOC(=O)CS(=O)(=O)NC1CCc2c(-c3nnc(-c4ccc(OC(C)C)c(C#N)c4)s3)cccc21. The second kappa shape index (κ2) is 10.7. The molecule has 3 aromatic rings. The van der Waals surface area contributed by atoms with Gasteiger partial charge in [0.2, 0.25) is 10.0 Å². The van der Waals surface area contributed by atoms with Gasteiger partial charge in [-0.05, 0) is 62.9 Å². The maximum Gasteiger partial charge on any atom is 0.322 e. The quantitative estimate of drug-likeness (QED) is 0.414. The third-order valence-electron chi connectivity index (χ3n) is 5.57. The van der Waals surface area contributed by atoms with E-state index in [0.29, 0.717) is 34.2 Å². The van der Waals surface area contributed by atoms with Crippen LogP contribution in [0.25, 0.3) is 21.1 Å². The molecule has 1 heterocycles. The summed E-state index contributed by atoms with van der Waals surface area (Å²) in [6.07, 6.45) is 1.19. The fourth-order valence-electron chi connectivity index (χ4n) is 4.15. The Morgan fingerprint density at radius 3 is 2.75 bits per heavy atom. The summed E-state index contributed by atoms with van der Waals surface area (Å²) in [6.45, 7) is 5.56. The van der Waals surface area contributed by atoms with Crippen molar-refractivity contribution in [2.75, 3.05) is 12.4 Å². The number of rotatable bonds is 9. The number of esters is 1. The van der Waals surface area contributed by atoms with Crippen molar-refractivity contribution in [3.63, 3.8) is 0 Å².